The Kier molecular flexibility index (Phi) is 4.59. The highest BCUT2D eigenvalue weighted by molar-refractivity contribution is 5.96. The number of fused-ring (bicyclic) bond motifs is 1. The van der Waals surface area contributed by atoms with Crippen LogP contribution in [0.2, 0.25) is 0 Å². The van der Waals surface area contributed by atoms with E-state index in [0.717, 1.165) is 32.1 Å². The number of hydrogen-bond donors (Lipinski definition) is 3. The summed E-state index contributed by atoms with van der Waals surface area (Å²) in [6.45, 7) is 4.98. The third-order valence-electron chi connectivity index (χ3n) is 4.86. The van der Waals surface area contributed by atoms with E-state index < -0.39 is 0 Å². The lowest BCUT2D eigenvalue weighted by Crippen LogP contribution is -2.53. The molecule has 3 heterocycles. The number of rotatable bonds is 4. The van der Waals surface area contributed by atoms with Gasteiger partial charge in [0, 0.05) is 44.3 Å². The average molecular weight is 367 g/mol. The van der Waals surface area contributed by atoms with Crippen molar-refractivity contribution in [3.8, 4) is 0 Å². The second-order valence-electron chi connectivity index (χ2n) is 6.58. The number of H-pyrrole nitrogens is 2. The maximum Gasteiger partial charge on any atom is 0.323 e. The molecule has 140 valence electrons. The molecule has 3 N–H and O–H groups in total. The minimum absolute atomic E-state index is 0.0726. The van der Waals surface area contributed by atoms with Crippen LogP contribution < -0.4 is 15.9 Å². The monoisotopic (exact) mass is 367 g/mol. The van der Waals surface area contributed by atoms with Crippen LogP contribution in [0, 0.1) is 0 Å². The van der Waals surface area contributed by atoms with Gasteiger partial charge in [0.05, 0.1) is 17.1 Å². The topological polar surface area (TPSA) is 110 Å². The molecule has 4 rings (SSSR count). The summed E-state index contributed by atoms with van der Waals surface area (Å²) in [4.78, 5) is 42.2. The van der Waals surface area contributed by atoms with Crippen LogP contribution in [0.25, 0.3) is 11.0 Å². The summed E-state index contributed by atoms with van der Waals surface area (Å²) in [6, 6.07) is 6.84. The molecule has 3 aromatic rings. The summed E-state index contributed by atoms with van der Waals surface area (Å²) in [6.07, 6.45) is 3.47. The second kappa shape index (κ2) is 7.20. The fourth-order valence-electron chi connectivity index (χ4n) is 3.29. The molecule has 0 saturated carbocycles. The van der Waals surface area contributed by atoms with Crippen LogP contribution in [0.15, 0.2) is 41.5 Å². The third kappa shape index (κ3) is 3.68. The van der Waals surface area contributed by atoms with Gasteiger partial charge in [-0.25, -0.2) is 14.8 Å². The van der Waals surface area contributed by atoms with Crippen molar-refractivity contribution in [3.05, 3.63) is 47.1 Å². The maximum absolute atomic E-state index is 12.6. The number of nitrogens with zero attached hydrogens (tertiary/aromatic N) is 4. The number of aromatic amines is 2. The molecular weight excluding hydrogens is 346 g/mol. The molecule has 0 bridgehead atoms. The highest BCUT2D eigenvalue weighted by Gasteiger charge is 2.26. The van der Waals surface area contributed by atoms with Crippen molar-refractivity contribution in [2.75, 3.05) is 36.4 Å². The fourth-order valence-corrected chi connectivity index (χ4v) is 3.29. The van der Waals surface area contributed by atoms with Crippen LogP contribution in [-0.2, 0) is 4.79 Å². The summed E-state index contributed by atoms with van der Waals surface area (Å²) in [7, 11) is 0. The molecule has 2 aromatic heterocycles. The Labute approximate surface area is 155 Å². The van der Waals surface area contributed by atoms with Gasteiger partial charge < -0.3 is 20.2 Å². The Morgan fingerprint density at radius 1 is 1.11 bits per heavy atom. The van der Waals surface area contributed by atoms with Crippen LogP contribution >= 0.6 is 0 Å². The molecular formula is C18H21N7O2. The van der Waals surface area contributed by atoms with Gasteiger partial charge in [0.15, 0.2) is 0 Å². The first-order valence-electron chi connectivity index (χ1n) is 8.89. The lowest BCUT2D eigenvalue weighted by atomic mass is 10.2. The van der Waals surface area contributed by atoms with E-state index in [9.17, 15) is 9.59 Å². The zero-order valence-corrected chi connectivity index (χ0v) is 15.0. The van der Waals surface area contributed by atoms with E-state index >= 15 is 0 Å². The number of carbonyl (C=O) groups excluding carboxylic acids is 1. The maximum atomic E-state index is 12.6. The molecule has 1 aliphatic heterocycles. The van der Waals surface area contributed by atoms with E-state index in [-0.39, 0.29) is 17.6 Å². The fraction of sp³-hybridized carbons (Fsp3) is 0.333. The number of amides is 1. The van der Waals surface area contributed by atoms with Gasteiger partial charge in [-0.15, -0.1) is 0 Å². The molecule has 1 aromatic carbocycles. The minimum Gasteiger partial charge on any atom is -0.338 e. The molecule has 1 unspecified atom stereocenters. The molecule has 1 fully saturated rings. The van der Waals surface area contributed by atoms with Gasteiger partial charge in [-0.05, 0) is 31.2 Å². The molecule has 0 spiro atoms. The van der Waals surface area contributed by atoms with Gasteiger partial charge in [-0.2, -0.15) is 0 Å². The smallest absolute Gasteiger partial charge is 0.323 e. The second-order valence-corrected chi connectivity index (χ2v) is 6.58. The van der Waals surface area contributed by atoms with E-state index in [1.165, 1.54) is 0 Å². The summed E-state index contributed by atoms with van der Waals surface area (Å²) in [5, 5.41) is 2.93. The summed E-state index contributed by atoms with van der Waals surface area (Å²) in [5.74, 6) is 0.652. The highest BCUT2D eigenvalue weighted by Crippen LogP contribution is 2.16. The Balaban J connectivity index is 1.37. The molecule has 1 aliphatic rings. The van der Waals surface area contributed by atoms with Crippen molar-refractivity contribution < 1.29 is 4.79 Å². The van der Waals surface area contributed by atoms with Gasteiger partial charge in [-0.1, -0.05) is 0 Å². The van der Waals surface area contributed by atoms with E-state index in [0.29, 0.717) is 16.7 Å². The molecule has 9 heteroatoms. The normalized spacial score (nSPS) is 16.4. The van der Waals surface area contributed by atoms with E-state index in [2.05, 4.69) is 35.1 Å². The SMILES string of the molecule is CC(C(=O)Nc1ccc2[nH]c(=O)[nH]c2c1)N1CCN(c2ncccn2)CC1. The van der Waals surface area contributed by atoms with Crippen LogP contribution in [0.3, 0.4) is 0 Å². The van der Waals surface area contributed by atoms with Gasteiger partial charge in [-0.3, -0.25) is 9.69 Å². The minimum atomic E-state index is -0.262. The number of piperazine rings is 1. The predicted molar refractivity (Wildman–Crippen MR) is 103 cm³/mol. The first-order chi connectivity index (χ1) is 13.1. The van der Waals surface area contributed by atoms with E-state index in [1.807, 2.05) is 6.92 Å². The summed E-state index contributed by atoms with van der Waals surface area (Å²) < 4.78 is 0. The largest absolute Gasteiger partial charge is 0.338 e. The number of imidazole rings is 1. The first kappa shape index (κ1) is 17.2. The van der Waals surface area contributed by atoms with Crippen molar-refractivity contribution >= 4 is 28.6 Å². The van der Waals surface area contributed by atoms with Crippen molar-refractivity contribution in [1.29, 1.82) is 0 Å². The van der Waals surface area contributed by atoms with E-state index in [4.69, 9.17) is 0 Å². The third-order valence-corrected chi connectivity index (χ3v) is 4.86. The van der Waals surface area contributed by atoms with Crippen molar-refractivity contribution in [2.24, 2.45) is 0 Å². The number of carbonyl (C=O) groups is 1. The average Bonchev–Trinajstić information content (AvgIpc) is 3.07. The lowest BCUT2D eigenvalue weighted by Gasteiger charge is -2.37. The number of nitrogens with one attached hydrogen (secondary N) is 3. The van der Waals surface area contributed by atoms with Gasteiger partial charge in [0.2, 0.25) is 11.9 Å². The summed E-state index contributed by atoms with van der Waals surface area (Å²) in [5.41, 5.74) is 1.78. The van der Waals surface area contributed by atoms with Crippen molar-refractivity contribution in [3.63, 3.8) is 0 Å². The number of benzene rings is 1. The zero-order valence-electron chi connectivity index (χ0n) is 15.0. The quantitative estimate of drug-likeness (QED) is 0.629. The predicted octanol–water partition coefficient (Wildman–Crippen LogP) is 0.795. The molecule has 27 heavy (non-hydrogen) atoms. The van der Waals surface area contributed by atoms with Gasteiger partial charge >= 0.3 is 5.69 Å². The van der Waals surface area contributed by atoms with Crippen LogP contribution in [-0.4, -0.2) is 63.0 Å². The lowest BCUT2D eigenvalue weighted by molar-refractivity contribution is -0.120. The Bertz CT molecular complexity index is 990. The molecule has 0 radical (unpaired) electrons. The Hall–Kier alpha value is -3.20. The first-order valence-corrected chi connectivity index (χ1v) is 8.89. The highest BCUT2D eigenvalue weighted by atomic mass is 16.2. The van der Waals surface area contributed by atoms with Gasteiger partial charge in [0.25, 0.3) is 0 Å². The molecule has 1 atom stereocenters. The molecule has 1 saturated heterocycles. The summed E-state index contributed by atoms with van der Waals surface area (Å²) >= 11 is 0. The number of hydrogen-bond acceptors (Lipinski definition) is 6. The van der Waals surface area contributed by atoms with Crippen molar-refractivity contribution in [1.82, 2.24) is 24.8 Å². The molecule has 9 nitrogen and oxygen atoms in total. The zero-order chi connectivity index (χ0) is 18.8. The van der Waals surface area contributed by atoms with Gasteiger partial charge in [0.1, 0.15) is 0 Å². The van der Waals surface area contributed by atoms with Crippen molar-refractivity contribution in [2.45, 2.75) is 13.0 Å². The Morgan fingerprint density at radius 3 is 2.56 bits per heavy atom. The number of aromatic nitrogens is 4. The van der Waals surface area contributed by atoms with Crippen LogP contribution in [0.5, 0.6) is 0 Å². The molecule has 0 aliphatic carbocycles. The van der Waals surface area contributed by atoms with Crippen LogP contribution in [0.4, 0.5) is 11.6 Å². The molecule has 1 amide bonds. The van der Waals surface area contributed by atoms with Crippen LogP contribution in [0.1, 0.15) is 6.92 Å². The Morgan fingerprint density at radius 2 is 1.81 bits per heavy atom. The standard InChI is InChI=1S/C18H21N7O2/c1-12(24-7-9-25(10-8-24)17-19-5-2-6-20-17)16(26)21-13-3-4-14-15(11-13)23-18(27)22-14/h2-6,11-12H,7-10H2,1H3,(H,21,26)(H2,22,23,27). The van der Waals surface area contributed by atoms with E-state index in [1.54, 1.807) is 36.7 Å². The number of anilines is 2.